The third-order valence-corrected chi connectivity index (χ3v) is 2.71. The summed E-state index contributed by atoms with van der Waals surface area (Å²) in [5.74, 6) is -0.198. The van der Waals surface area contributed by atoms with Crippen LogP contribution in [-0.2, 0) is 11.2 Å². The number of carbonyl (C=O) groups excluding carboxylic acids is 1. The molecule has 0 aliphatic heterocycles. The normalized spacial score (nSPS) is 12.8. The van der Waals surface area contributed by atoms with Gasteiger partial charge in [0.2, 0.25) is 5.91 Å². The van der Waals surface area contributed by atoms with Gasteiger partial charge in [-0.05, 0) is 18.8 Å². The number of nitrogens with zero attached hydrogens (tertiary/aromatic N) is 1. The SMILES string of the molecule is C[C@@H](N)C(=O)Nc1nc(CC(C)(C)C)cs1.Cl. The molecule has 0 bridgehead atoms. The van der Waals surface area contributed by atoms with Crippen LogP contribution >= 0.6 is 23.7 Å². The third-order valence-electron chi connectivity index (χ3n) is 1.91. The quantitative estimate of drug-likeness (QED) is 0.892. The number of thiazole rings is 1. The van der Waals surface area contributed by atoms with Gasteiger partial charge in [0.05, 0.1) is 11.7 Å². The molecular weight excluding hydrogens is 258 g/mol. The lowest BCUT2D eigenvalue weighted by molar-refractivity contribution is -0.117. The first-order valence-corrected chi connectivity index (χ1v) is 6.17. The zero-order chi connectivity index (χ0) is 12.3. The molecule has 0 unspecified atom stereocenters. The fourth-order valence-corrected chi connectivity index (χ4v) is 1.92. The van der Waals surface area contributed by atoms with Gasteiger partial charge in [0.15, 0.2) is 5.13 Å². The van der Waals surface area contributed by atoms with Crippen LogP contribution in [0.5, 0.6) is 0 Å². The summed E-state index contributed by atoms with van der Waals surface area (Å²) in [5.41, 5.74) is 6.67. The van der Waals surface area contributed by atoms with Crippen molar-refractivity contribution in [2.75, 3.05) is 5.32 Å². The Bertz CT molecular complexity index is 371. The van der Waals surface area contributed by atoms with E-state index in [1.165, 1.54) is 11.3 Å². The topological polar surface area (TPSA) is 68.0 Å². The number of carbonyl (C=O) groups is 1. The summed E-state index contributed by atoms with van der Waals surface area (Å²) in [6, 6.07) is -0.505. The maximum atomic E-state index is 11.3. The van der Waals surface area contributed by atoms with Crippen molar-refractivity contribution in [2.45, 2.75) is 40.2 Å². The number of halogens is 1. The number of aromatic nitrogens is 1. The standard InChI is InChI=1S/C11H19N3OS.ClH/c1-7(12)9(15)14-10-13-8(6-16-10)5-11(2,3)4;/h6-7H,5,12H2,1-4H3,(H,13,14,15);1H/t7-;/m1./s1. The van der Waals surface area contributed by atoms with E-state index in [4.69, 9.17) is 5.73 Å². The zero-order valence-electron chi connectivity index (χ0n) is 10.6. The zero-order valence-corrected chi connectivity index (χ0v) is 12.2. The van der Waals surface area contributed by atoms with Gasteiger partial charge in [-0.3, -0.25) is 4.79 Å². The van der Waals surface area contributed by atoms with Crippen molar-refractivity contribution >= 4 is 34.8 Å². The minimum absolute atomic E-state index is 0. The molecule has 0 aliphatic carbocycles. The first kappa shape index (κ1) is 16.4. The maximum Gasteiger partial charge on any atom is 0.242 e. The highest BCUT2D eigenvalue weighted by molar-refractivity contribution is 7.13. The maximum absolute atomic E-state index is 11.3. The second-order valence-electron chi connectivity index (χ2n) is 5.16. The highest BCUT2D eigenvalue weighted by Crippen LogP contribution is 2.23. The van der Waals surface area contributed by atoms with Gasteiger partial charge in [-0.25, -0.2) is 4.98 Å². The van der Waals surface area contributed by atoms with E-state index in [-0.39, 0.29) is 23.7 Å². The van der Waals surface area contributed by atoms with E-state index in [1.807, 2.05) is 5.38 Å². The van der Waals surface area contributed by atoms with Crippen LogP contribution in [0.15, 0.2) is 5.38 Å². The molecule has 0 saturated carbocycles. The molecule has 0 saturated heterocycles. The minimum atomic E-state index is -0.505. The minimum Gasteiger partial charge on any atom is -0.320 e. The molecule has 0 radical (unpaired) electrons. The lowest BCUT2D eigenvalue weighted by Crippen LogP contribution is -2.32. The van der Waals surface area contributed by atoms with Crippen LogP contribution in [0.25, 0.3) is 0 Å². The molecule has 98 valence electrons. The van der Waals surface area contributed by atoms with Crippen molar-refractivity contribution in [3.63, 3.8) is 0 Å². The summed E-state index contributed by atoms with van der Waals surface area (Å²) < 4.78 is 0. The van der Waals surface area contributed by atoms with E-state index in [9.17, 15) is 4.79 Å². The van der Waals surface area contributed by atoms with Crippen LogP contribution in [0.4, 0.5) is 5.13 Å². The molecule has 1 atom stereocenters. The second kappa shape index (κ2) is 6.33. The van der Waals surface area contributed by atoms with Crippen LogP contribution in [-0.4, -0.2) is 16.9 Å². The summed E-state index contributed by atoms with van der Waals surface area (Å²) in [4.78, 5) is 15.7. The summed E-state index contributed by atoms with van der Waals surface area (Å²) >= 11 is 1.44. The lowest BCUT2D eigenvalue weighted by atomic mass is 9.91. The van der Waals surface area contributed by atoms with Gasteiger partial charge in [0.25, 0.3) is 0 Å². The van der Waals surface area contributed by atoms with E-state index < -0.39 is 6.04 Å². The molecule has 3 N–H and O–H groups in total. The van der Waals surface area contributed by atoms with Crippen LogP contribution in [0.1, 0.15) is 33.4 Å². The molecule has 6 heteroatoms. The van der Waals surface area contributed by atoms with Crippen LogP contribution < -0.4 is 11.1 Å². The Kier molecular flexibility index (Phi) is 6.09. The molecular formula is C11H20ClN3OS. The fourth-order valence-electron chi connectivity index (χ4n) is 1.21. The lowest BCUT2D eigenvalue weighted by Gasteiger charge is -2.15. The molecule has 1 heterocycles. The van der Waals surface area contributed by atoms with Crippen molar-refractivity contribution in [1.29, 1.82) is 0 Å². The molecule has 1 aromatic heterocycles. The summed E-state index contributed by atoms with van der Waals surface area (Å²) in [6.07, 6.45) is 0.900. The van der Waals surface area contributed by atoms with Gasteiger partial charge in [0.1, 0.15) is 0 Å². The van der Waals surface area contributed by atoms with Gasteiger partial charge in [-0.1, -0.05) is 20.8 Å². The molecule has 0 fully saturated rings. The molecule has 1 amide bonds. The monoisotopic (exact) mass is 277 g/mol. The van der Waals surface area contributed by atoms with Crippen LogP contribution in [0.3, 0.4) is 0 Å². The van der Waals surface area contributed by atoms with Crippen LogP contribution in [0.2, 0.25) is 0 Å². The Balaban J connectivity index is 0.00000256. The Morgan fingerprint density at radius 1 is 1.59 bits per heavy atom. The van der Waals surface area contributed by atoms with Gasteiger partial charge in [-0.15, -0.1) is 23.7 Å². The summed E-state index contributed by atoms with van der Waals surface area (Å²) in [7, 11) is 0. The van der Waals surface area contributed by atoms with E-state index in [2.05, 4.69) is 31.1 Å². The molecule has 1 rings (SSSR count). The predicted molar refractivity (Wildman–Crippen MR) is 74.8 cm³/mol. The van der Waals surface area contributed by atoms with Gasteiger partial charge < -0.3 is 11.1 Å². The van der Waals surface area contributed by atoms with E-state index >= 15 is 0 Å². The molecule has 1 aromatic rings. The molecule has 4 nitrogen and oxygen atoms in total. The molecule has 0 aliphatic rings. The third kappa shape index (κ3) is 6.00. The van der Waals surface area contributed by atoms with E-state index in [1.54, 1.807) is 6.92 Å². The number of nitrogens with two attached hydrogens (primary N) is 1. The number of anilines is 1. The Morgan fingerprint density at radius 2 is 2.18 bits per heavy atom. The number of amides is 1. The summed E-state index contributed by atoms with van der Waals surface area (Å²) in [6.45, 7) is 8.13. The number of nitrogens with one attached hydrogen (secondary N) is 1. The van der Waals surface area contributed by atoms with Gasteiger partial charge in [-0.2, -0.15) is 0 Å². The molecule has 0 spiro atoms. The van der Waals surface area contributed by atoms with E-state index in [0.29, 0.717) is 5.13 Å². The van der Waals surface area contributed by atoms with Crippen LogP contribution in [0, 0.1) is 5.41 Å². The average molecular weight is 278 g/mol. The number of rotatable bonds is 3. The number of hydrogen-bond donors (Lipinski definition) is 2. The van der Waals surface area contributed by atoms with E-state index in [0.717, 1.165) is 12.1 Å². The van der Waals surface area contributed by atoms with Crippen molar-refractivity contribution in [2.24, 2.45) is 11.1 Å². The first-order chi connectivity index (χ1) is 7.28. The van der Waals surface area contributed by atoms with Gasteiger partial charge in [0, 0.05) is 5.38 Å². The summed E-state index contributed by atoms with van der Waals surface area (Å²) in [5, 5.41) is 5.29. The highest BCUT2D eigenvalue weighted by Gasteiger charge is 2.15. The van der Waals surface area contributed by atoms with Crippen molar-refractivity contribution < 1.29 is 4.79 Å². The smallest absolute Gasteiger partial charge is 0.242 e. The highest BCUT2D eigenvalue weighted by atomic mass is 35.5. The Labute approximate surface area is 112 Å². The largest absolute Gasteiger partial charge is 0.320 e. The fraction of sp³-hybridized carbons (Fsp3) is 0.636. The van der Waals surface area contributed by atoms with Crippen molar-refractivity contribution in [1.82, 2.24) is 4.98 Å². The number of hydrogen-bond acceptors (Lipinski definition) is 4. The Morgan fingerprint density at radius 3 is 2.65 bits per heavy atom. The van der Waals surface area contributed by atoms with Crippen molar-refractivity contribution in [3.8, 4) is 0 Å². The Hall–Kier alpha value is -0.650. The van der Waals surface area contributed by atoms with Crippen molar-refractivity contribution in [3.05, 3.63) is 11.1 Å². The predicted octanol–water partition coefficient (Wildman–Crippen LogP) is 2.44. The molecule has 0 aromatic carbocycles. The average Bonchev–Trinajstić information content (AvgIpc) is 2.49. The second-order valence-corrected chi connectivity index (χ2v) is 6.02. The first-order valence-electron chi connectivity index (χ1n) is 5.29. The van der Waals surface area contributed by atoms with Gasteiger partial charge >= 0.3 is 0 Å². The molecule has 17 heavy (non-hydrogen) atoms.